The van der Waals surface area contributed by atoms with Crippen LogP contribution in [-0.2, 0) is 6.42 Å². The van der Waals surface area contributed by atoms with E-state index in [1.807, 2.05) is 31.2 Å². The number of likely N-dealkylation sites (N-methyl/N-ethyl adjacent to an activating group) is 1. The minimum atomic E-state index is 0.117. The van der Waals surface area contributed by atoms with Gasteiger partial charge in [-0.3, -0.25) is 9.97 Å². The van der Waals surface area contributed by atoms with Gasteiger partial charge in [-0.25, -0.2) is 0 Å². The molecular formula is C14H20N4. The van der Waals surface area contributed by atoms with Crippen LogP contribution in [-0.4, -0.2) is 41.0 Å². The van der Waals surface area contributed by atoms with E-state index in [0.717, 1.165) is 23.1 Å². The topological polar surface area (TPSA) is 55.0 Å². The van der Waals surface area contributed by atoms with Crippen molar-refractivity contribution in [1.82, 2.24) is 14.9 Å². The van der Waals surface area contributed by atoms with Crippen LogP contribution in [0.2, 0.25) is 0 Å². The molecule has 2 atom stereocenters. The molecule has 0 aliphatic carbocycles. The number of aromatic nitrogens is 2. The Morgan fingerprint density at radius 3 is 2.67 bits per heavy atom. The summed E-state index contributed by atoms with van der Waals surface area (Å²) in [6.07, 6.45) is 2.64. The molecule has 0 saturated heterocycles. The van der Waals surface area contributed by atoms with E-state index in [-0.39, 0.29) is 6.04 Å². The average molecular weight is 244 g/mol. The Morgan fingerprint density at radius 1 is 1.22 bits per heavy atom. The van der Waals surface area contributed by atoms with Gasteiger partial charge < -0.3 is 10.6 Å². The quantitative estimate of drug-likeness (QED) is 0.884. The molecule has 0 saturated carbocycles. The third-order valence-corrected chi connectivity index (χ3v) is 3.20. The Balaban J connectivity index is 2.25. The zero-order valence-corrected chi connectivity index (χ0v) is 11.2. The van der Waals surface area contributed by atoms with Crippen molar-refractivity contribution >= 4 is 11.0 Å². The Labute approximate surface area is 108 Å². The SMILES string of the molecule is CC(N)C(Cc1ccc2ncccc2n1)N(C)C. The van der Waals surface area contributed by atoms with E-state index in [0.29, 0.717) is 6.04 Å². The zero-order chi connectivity index (χ0) is 13.1. The number of nitrogens with zero attached hydrogens (tertiary/aromatic N) is 3. The first-order chi connectivity index (χ1) is 8.58. The first-order valence-corrected chi connectivity index (χ1v) is 6.20. The van der Waals surface area contributed by atoms with Crippen molar-refractivity contribution in [2.24, 2.45) is 5.73 Å². The van der Waals surface area contributed by atoms with Gasteiger partial charge in [-0.05, 0) is 45.3 Å². The van der Waals surface area contributed by atoms with Crippen LogP contribution >= 0.6 is 0 Å². The van der Waals surface area contributed by atoms with Gasteiger partial charge in [-0.2, -0.15) is 0 Å². The van der Waals surface area contributed by atoms with E-state index < -0.39 is 0 Å². The summed E-state index contributed by atoms with van der Waals surface area (Å²) in [5, 5.41) is 0. The summed E-state index contributed by atoms with van der Waals surface area (Å²) in [6, 6.07) is 8.37. The summed E-state index contributed by atoms with van der Waals surface area (Å²) in [5.41, 5.74) is 8.95. The molecule has 0 amide bonds. The number of hydrogen-bond donors (Lipinski definition) is 1. The Morgan fingerprint density at radius 2 is 2.00 bits per heavy atom. The van der Waals surface area contributed by atoms with Gasteiger partial charge in [0.15, 0.2) is 0 Å². The molecule has 4 nitrogen and oxygen atoms in total. The van der Waals surface area contributed by atoms with Crippen LogP contribution in [0.15, 0.2) is 30.5 Å². The first-order valence-electron chi connectivity index (χ1n) is 6.20. The van der Waals surface area contributed by atoms with Gasteiger partial charge in [0.1, 0.15) is 0 Å². The molecule has 0 aromatic carbocycles. The van der Waals surface area contributed by atoms with Crippen molar-refractivity contribution in [3.63, 3.8) is 0 Å². The van der Waals surface area contributed by atoms with Crippen molar-refractivity contribution in [1.29, 1.82) is 0 Å². The summed E-state index contributed by atoms with van der Waals surface area (Å²) < 4.78 is 0. The second kappa shape index (κ2) is 5.42. The fourth-order valence-corrected chi connectivity index (χ4v) is 2.17. The highest BCUT2D eigenvalue weighted by Gasteiger charge is 2.17. The number of rotatable bonds is 4. The maximum Gasteiger partial charge on any atom is 0.0890 e. The smallest absolute Gasteiger partial charge is 0.0890 e. The molecule has 2 aromatic heterocycles. The van der Waals surface area contributed by atoms with Gasteiger partial charge in [0.2, 0.25) is 0 Å². The lowest BCUT2D eigenvalue weighted by atomic mass is 10.0. The Hall–Kier alpha value is -1.52. The lowest BCUT2D eigenvalue weighted by molar-refractivity contribution is 0.258. The number of fused-ring (bicyclic) bond motifs is 1. The van der Waals surface area contributed by atoms with Crippen molar-refractivity contribution in [3.05, 3.63) is 36.2 Å². The van der Waals surface area contributed by atoms with E-state index >= 15 is 0 Å². The van der Waals surface area contributed by atoms with Gasteiger partial charge in [-0.15, -0.1) is 0 Å². The molecule has 0 spiro atoms. The van der Waals surface area contributed by atoms with Gasteiger partial charge in [0.25, 0.3) is 0 Å². The molecule has 0 aliphatic heterocycles. The third kappa shape index (κ3) is 2.83. The largest absolute Gasteiger partial charge is 0.327 e. The van der Waals surface area contributed by atoms with Gasteiger partial charge in [-0.1, -0.05) is 0 Å². The Kier molecular flexibility index (Phi) is 3.89. The molecule has 4 heteroatoms. The average Bonchev–Trinajstić information content (AvgIpc) is 2.35. The van der Waals surface area contributed by atoms with E-state index in [1.54, 1.807) is 6.20 Å². The highest BCUT2D eigenvalue weighted by molar-refractivity contribution is 5.73. The van der Waals surface area contributed by atoms with Crippen LogP contribution in [0.4, 0.5) is 0 Å². The second-order valence-corrected chi connectivity index (χ2v) is 4.94. The van der Waals surface area contributed by atoms with Gasteiger partial charge in [0, 0.05) is 30.4 Å². The molecule has 0 bridgehead atoms. The monoisotopic (exact) mass is 244 g/mol. The number of hydrogen-bond acceptors (Lipinski definition) is 4. The van der Waals surface area contributed by atoms with E-state index in [9.17, 15) is 0 Å². The normalized spacial score (nSPS) is 14.9. The maximum absolute atomic E-state index is 6.02. The molecule has 96 valence electrons. The van der Waals surface area contributed by atoms with Crippen LogP contribution in [0.25, 0.3) is 11.0 Å². The van der Waals surface area contributed by atoms with Crippen LogP contribution in [0, 0.1) is 0 Å². The fourth-order valence-electron chi connectivity index (χ4n) is 2.17. The highest BCUT2D eigenvalue weighted by atomic mass is 15.1. The molecule has 2 N–H and O–H groups in total. The highest BCUT2D eigenvalue weighted by Crippen LogP contribution is 2.12. The summed E-state index contributed by atoms with van der Waals surface area (Å²) in [4.78, 5) is 11.1. The van der Waals surface area contributed by atoms with Crippen molar-refractivity contribution in [2.75, 3.05) is 14.1 Å². The molecule has 2 heterocycles. The molecule has 0 fully saturated rings. The van der Waals surface area contributed by atoms with Crippen LogP contribution in [0.5, 0.6) is 0 Å². The maximum atomic E-state index is 6.02. The zero-order valence-electron chi connectivity index (χ0n) is 11.2. The number of pyridine rings is 2. The minimum absolute atomic E-state index is 0.117. The molecular weight excluding hydrogens is 224 g/mol. The van der Waals surface area contributed by atoms with Crippen LogP contribution in [0.3, 0.4) is 0 Å². The lowest BCUT2D eigenvalue weighted by Crippen LogP contribution is -2.44. The van der Waals surface area contributed by atoms with Crippen molar-refractivity contribution in [2.45, 2.75) is 25.4 Å². The van der Waals surface area contributed by atoms with Gasteiger partial charge in [0.05, 0.1) is 11.0 Å². The summed E-state index contributed by atoms with van der Waals surface area (Å²) in [5.74, 6) is 0. The van der Waals surface area contributed by atoms with E-state index in [1.165, 1.54) is 0 Å². The van der Waals surface area contributed by atoms with E-state index in [2.05, 4.69) is 29.0 Å². The molecule has 0 aliphatic rings. The standard InChI is InChI=1S/C14H20N4/c1-10(15)14(18(2)3)9-11-6-7-12-13(17-11)5-4-8-16-12/h4-8,10,14H,9,15H2,1-3H3. The lowest BCUT2D eigenvalue weighted by Gasteiger charge is -2.27. The van der Waals surface area contributed by atoms with Crippen LogP contribution in [0.1, 0.15) is 12.6 Å². The molecule has 18 heavy (non-hydrogen) atoms. The van der Waals surface area contributed by atoms with Crippen LogP contribution < -0.4 is 5.73 Å². The summed E-state index contributed by atoms with van der Waals surface area (Å²) >= 11 is 0. The third-order valence-electron chi connectivity index (χ3n) is 3.20. The summed E-state index contributed by atoms with van der Waals surface area (Å²) in [6.45, 7) is 2.03. The summed E-state index contributed by atoms with van der Waals surface area (Å²) in [7, 11) is 4.10. The number of nitrogens with two attached hydrogens (primary N) is 1. The first kappa shape index (κ1) is 12.9. The Bertz CT molecular complexity index is 514. The molecule has 2 rings (SSSR count). The predicted octanol–water partition coefficient (Wildman–Crippen LogP) is 1.45. The van der Waals surface area contributed by atoms with Crippen molar-refractivity contribution < 1.29 is 0 Å². The fraction of sp³-hybridized carbons (Fsp3) is 0.429. The predicted molar refractivity (Wildman–Crippen MR) is 74.4 cm³/mol. The minimum Gasteiger partial charge on any atom is -0.327 e. The van der Waals surface area contributed by atoms with E-state index in [4.69, 9.17) is 5.73 Å². The molecule has 2 unspecified atom stereocenters. The second-order valence-electron chi connectivity index (χ2n) is 4.94. The molecule has 0 radical (unpaired) electrons. The van der Waals surface area contributed by atoms with Crippen molar-refractivity contribution in [3.8, 4) is 0 Å². The van der Waals surface area contributed by atoms with Gasteiger partial charge >= 0.3 is 0 Å². The molecule has 2 aromatic rings.